The zero-order valence-electron chi connectivity index (χ0n) is 13.6. The first kappa shape index (κ1) is 17.7. The van der Waals surface area contributed by atoms with E-state index < -0.39 is 0 Å². The number of hydrogen-bond acceptors (Lipinski definition) is 5. The quantitative estimate of drug-likeness (QED) is 0.873. The molecule has 1 unspecified atom stereocenters. The van der Waals surface area contributed by atoms with E-state index in [0.717, 1.165) is 24.2 Å². The third-order valence-corrected chi connectivity index (χ3v) is 4.15. The molecule has 1 fully saturated rings. The molecule has 0 spiro atoms. The van der Waals surface area contributed by atoms with Gasteiger partial charge in [0.2, 0.25) is 0 Å². The SMILES string of the molecule is Cc1cc(C(=O)NC(CN)C2CC2)c2c(C(C)C)noc2n1.Cl. The third kappa shape index (κ3) is 3.48. The highest BCUT2D eigenvalue weighted by Gasteiger charge is 2.32. The molecule has 126 valence electrons. The van der Waals surface area contributed by atoms with Gasteiger partial charge in [-0.3, -0.25) is 4.79 Å². The number of fused-ring (bicyclic) bond motifs is 1. The van der Waals surface area contributed by atoms with Crippen LogP contribution < -0.4 is 11.1 Å². The molecule has 2 heterocycles. The Morgan fingerprint density at radius 2 is 2.17 bits per heavy atom. The van der Waals surface area contributed by atoms with Crippen molar-refractivity contribution >= 4 is 29.4 Å². The molecule has 1 aliphatic carbocycles. The second-order valence-electron chi connectivity index (χ2n) is 6.37. The average molecular weight is 339 g/mol. The van der Waals surface area contributed by atoms with Crippen molar-refractivity contribution in [3.05, 3.63) is 23.0 Å². The predicted molar refractivity (Wildman–Crippen MR) is 90.9 cm³/mol. The summed E-state index contributed by atoms with van der Waals surface area (Å²) in [5.74, 6) is 0.549. The molecular formula is C16H23ClN4O2. The van der Waals surface area contributed by atoms with E-state index in [0.29, 0.717) is 29.1 Å². The van der Waals surface area contributed by atoms with Gasteiger partial charge in [0.1, 0.15) is 0 Å². The lowest BCUT2D eigenvalue weighted by Gasteiger charge is -2.16. The lowest BCUT2D eigenvalue weighted by Crippen LogP contribution is -2.41. The molecule has 3 rings (SSSR count). The molecule has 1 amide bonds. The van der Waals surface area contributed by atoms with Gasteiger partial charge in [-0.2, -0.15) is 0 Å². The van der Waals surface area contributed by atoms with Crippen molar-refractivity contribution in [3.8, 4) is 0 Å². The number of halogens is 1. The summed E-state index contributed by atoms with van der Waals surface area (Å²) in [6, 6.07) is 1.83. The van der Waals surface area contributed by atoms with Gasteiger partial charge >= 0.3 is 0 Å². The largest absolute Gasteiger partial charge is 0.348 e. The van der Waals surface area contributed by atoms with E-state index in [1.807, 2.05) is 20.8 Å². The molecule has 6 nitrogen and oxygen atoms in total. The highest BCUT2D eigenvalue weighted by atomic mass is 35.5. The molecule has 7 heteroatoms. The van der Waals surface area contributed by atoms with Crippen molar-refractivity contribution in [1.82, 2.24) is 15.5 Å². The van der Waals surface area contributed by atoms with E-state index in [-0.39, 0.29) is 30.3 Å². The van der Waals surface area contributed by atoms with Gasteiger partial charge in [-0.25, -0.2) is 4.98 Å². The number of aromatic nitrogens is 2. The summed E-state index contributed by atoms with van der Waals surface area (Å²) in [5, 5.41) is 7.86. The zero-order chi connectivity index (χ0) is 15.9. The number of nitrogens with zero attached hydrogens (tertiary/aromatic N) is 2. The number of aryl methyl sites for hydroxylation is 1. The number of rotatable bonds is 5. The summed E-state index contributed by atoms with van der Waals surface area (Å²) in [5.41, 5.74) is 8.28. The second kappa shape index (κ2) is 6.84. The zero-order valence-corrected chi connectivity index (χ0v) is 14.4. The van der Waals surface area contributed by atoms with Gasteiger partial charge in [0.25, 0.3) is 11.6 Å². The van der Waals surface area contributed by atoms with Gasteiger partial charge < -0.3 is 15.6 Å². The van der Waals surface area contributed by atoms with Crippen LogP contribution in [0.15, 0.2) is 10.6 Å². The fourth-order valence-corrected chi connectivity index (χ4v) is 2.78. The van der Waals surface area contributed by atoms with Crippen LogP contribution in [0.4, 0.5) is 0 Å². The van der Waals surface area contributed by atoms with Gasteiger partial charge in [-0.1, -0.05) is 19.0 Å². The number of nitrogens with one attached hydrogen (secondary N) is 1. The Labute approximate surface area is 141 Å². The number of nitrogens with two attached hydrogens (primary N) is 1. The standard InChI is InChI=1S/C16H22N4O2.ClH/c1-8(2)14-13-11(6-9(3)18-16(13)22-20-14)15(21)19-12(7-17)10-4-5-10;/h6,8,10,12H,4-5,7,17H2,1-3H3,(H,19,21);1H. The number of carbonyl (C=O) groups excluding carboxylic acids is 1. The minimum Gasteiger partial charge on any atom is -0.348 e. The Hall–Kier alpha value is -1.66. The van der Waals surface area contributed by atoms with Gasteiger partial charge in [0.05, 0.1) is 16.6 Å². The molecular weight excluding hydrogens is 316 g/mol. The summed E-state index contributed by atoms with van der Waals surface area (Å²) in [6.07, 6.45) is 2.27. The Bertz CT molecular complexity index is 709. The first-order valence-electron chi connectivity index (χ1n) is 7.79. The van der Waals surface area contributed by atoms with E-state index in [1.54, 1.807) is 6.07 Å². The number of pyridine rings is 1. The highest BCUT2D eigenvalue weighted by molar-refractivity contribution is 6.06. The number of hydrogen-bond donors (Lipinski definition) is 2. The van der Waals surface area contributed by atoms with Gasteiger partial charge in [0.15, 0.2) is 0 Å². The van der Waals surface area contributed by atoms with E-state index >= 15 is 0 Å². The molecule has 0 radical (unpaired) electrons. The minimum absolute atomic E-state index is 0. The van der Waals surface area contributed by atoms with Crippen LogP contribution >= 0.6 is 12.4 Å². The molecule has 2 aromatic rings. The molecule has 0 aromatic carbocycles. The number of amides is 1. The molecule has 23 heavy (non-hydrogen) atoms. The topological polar surface area (TPSA) is 94.0 Å². The van der Waals surface area contributed by atoms with Gasteiger partial charge in [-0.15, -0.1) is 12.4 Å². The van der Waals surface area contributed by atoms with Crippen molar-refractivity contribution in [1.29, 1.82) is 0 Å². The normalized spacial score (nSPS) is 15.5. The molecule has 1 saturated carbocycles. The van der Waals surface area contributed by atoms with Crippen LogP contribution in [0, 0.1) is 12.8 Å². The lowest BCUT2D eigenvalue weighted by molar-refractivity contribution is 0.0935. The molecule has 1 aliphatic rings. The van der Waals surface area contributed by atoms with Crippen LogP contribution in [0.25, 0.3) is 11.1 Å². The van der Waals surface area contributed by atoms with Crippen LogP contribution in [0.5, 0.6) is 0 Å². The average Bonchev–Trinajstić information content (AvgIpc) is 3.22. The Morgan fingerprint density at radius 1 is 1.48 bits per heavy atom. The molecule has 0 bridgehead atoms. The third-order valence-electron chi connectivity index (χ3n) is 4.15. The van der Waals surface area contributed by atoms with E-state index in [1.165, 1.54) is 0 Å². The number of carbonyl (C=O) groups is 1. The lowest BCUT2D eigenvalue weighted by atomic mass is 10.0. The van der Waals surface area contributed by atoms with Crippen LogP contribution in [-0.2, 0) is 0 Å². The molecule has 0 aliphatic heterocycles. The monoisotopic (exact) mass is 338 g/mol. The first-order valence-corrected chi connectivity index (χ1v) is 7.79. The van der Waals surface area contributed by atoms with Crippen molar-refractivity contribution in [3.63, 3.8) is 0 Å². The van der Waals surface area contributed by atoms with Crippen molar-refractivity contribution in [2.75, 3.05) is 6.54 Å². The maximum Gasteiger partial charge on any atom is 0.259 e. The van der Waals surface area contributed by atoms with Crippen LogP contribution in [-0.4, -0.2) is 28.6 Å². The molecule has 3 N–H and O–H groups in total. The minimum atomic E-state index is -0.122. The Kier molecular flexibility index (Phi) is 5.26. The first-order chi connectivity index (χ1) is 10.5. The van der Waals surface area contributed by atoms with Crippen molar-refractivity contribution in [2.45, 2.75) is 45.6 Å². The van der Waals surface area contributed by atoms with Crippen molar-refractivity contribution < 1.29 is 9.32 Å². The summed E-state index contributed by atoms with van der Waals surface area (Å²) in [6.45, 7) is 6.34. The highest BCUT2D eigenvalue weighted by Crippen LogP contribution is 2.33. The Morgan fingerprint density at radius 3 is 2.74 bits per heavy atom. The van der Waals surface area contributed by atoms with E-state index in [9.17, 15) is 4.79 Å². The fraction of sp³-hybridized carbons (Fsp3) is 0.562. The second-order valence-corrected chi connectivity index (χ2v) is 6.37. The van der Waals surface area contributed by atoms with Crippen LogP contribution in [0.2, 0.25) is 0 Å². The van der Waals surface area contributed by atoms with Crippen molar-refractivity contribution in [2.24, 2.45) is 11.7 Å². The molecule has 2 aromatic heterocycles. The molecule has 0 saturated heterocycles. The summed E-state index contributed by atoms with van der Waals surface area (Å²) < 4.78 is 5.31. The fourth-order valence-electron chi connectivity index (χ4n) is 2.78. The maximum absolute atomic E-state index is 12.7. The van der Waals surface area contributed by atoms with E-state index in [4.69, 9.17) is 10.3 Å². The predicted octanol–water partition coefficient (Wildman–Crippen LogP) is 2.54. The summed E-state index contributed by atoms with van der Waals surface area (Å²) in [7, 11) is 0. The van der Waals surface area contributed by atoms with Crippen LogP contribution in [0.1, 0.15) is 54.4 Å². The summed E-state index contributed by atoms with van der Waals surface area (Å²) in [4.78, 5) is 17.1. The van der Waals surface area contributed by atoms with E-state index in [2.05, 4.69) is 15.5 Å². The summed E-state index contributed by atoms with van der Waals surface area (Å²) >= 11 is 0. The van der Waals surface area contributed by atoms with Crippen LogP contribution in [0.3, 0.4) is 0 Å². The molecule has 1 atom stereocenters. The smallest absolute Gasteiger partial charge is 0.259 e. The van der Waals surface area contributed by atoms with Gasteiger partial charge in [0, 0.05) is 18.3 Å². The van der Waals surface area contributed by atoms with Gasteiger partial charge in [-0.05, 0) is 37.7 Å². The Balaban J connectivity index is 0.00000192. The maximum atomic E-state index is 12.7.